The summed E-state index contributed by atoms with van der Waals surface area (Å²) in [5.74, 6) is 0.923. The molecule has 0 aromatic carbocycles. The van der Waals surface area contributed by atoms with Gasteiger partial charge in [-0.3, -0.25) is 0 Å². The highest BCUT2D eigenvalue weighted by Crippen LogP contribution is 2.51. The van der Waals surface area contributed by atoms with Crippen LogP contribution in [0.15, 0.2) is 0 Å². The molecule has 4 aliphatic heterocycles. The van der Waals surface area contributed by atoms with Gasteiger partial charge >= 0.3 is 0 Å². The normalized spacial score (nSPS) is 48.5. The Hall–Kier alpha value is -0.280. The van der Waals surface area contributed by atoms with Crippen molar-refractivity contribution in [2.24, 2.45) is 11.8 Å². The third kappa shape index (κ3) is 5.99. The van der Waals surface area contributed by atoms with E-state index in [1.165, 1.54) is 0 Å². The van der Waals surface area contributed by atoms with E-state index in [0.29, 0.717) is 50.5 Å². The molecule has 34 heavy (non-hydrogen) atoms. The Kier molecular flexibility index (Phi) is 8.98. The van der Waals surface area contributed by atoms with Crippen LogP contribution < -0.4 is 0 Å². The van der Waals surface area contributed by atoms with Crippen molar-refractivity contribution in [3.8, 4) is 0 Å². The van der Waals surface area contributed by atoms with E-state index >= 15 is 0 Å². The molecule has 198 valence electrons. The molecule has 0 N–H and O–H groups in total. The van der Waals surface area contributed by atoms with Gasteiger partial charge in [-0.1, -0.05) is 27.7 Å². The van der Waals surface area contributed by atoms with Crippen molar-refractivity contribution >= 4 is 0 Å². The van der Waals surface area contributed by atoms with Crippen LogP contribution in [0.5, 0.6) is 0 Å². The first kappa shape index (κ1) is 26.8. The molecule has 6 fully saturated rings. The number of epoxide rings is 2. The highest BCUT2D eigenvalue weighted by molar-refractivity contribution is 5.05. The number of ether oxygens (including phenoxy) is 7. The zero-order valence-electron chi connectivity index (χ0n) is 22.3. The van der Waals surface area contributed by atoms with Gasteiger partial charge in [-0.25, -0.2) is 0 Å². The van der Waals surface area contributed by atoms with Crippen molar-refractivity contribution in [2.45, 2.75) is 135 Å². The van der Waals surface area contributed by atoms with Gasteiger partial charge in [0.25, 0.3) is 0 Å². The van der Waals surface area contributed by atoms with Gasteiger partial charge in [0.05, 0.1) is 49.3 Å². The van der Waals surface area contributed by atoms with Crippen LogP contribution in [0.2, 0.25) is 0 Å². The summed E-state index contributed by atoms with van der Waals surface area (Å²) in [5, 5.41) is 0. The fraction of sp³-hybridized carbons (Fsp3) is 1.00. The van der Waals surface area contributed by atoms with E-state index in [0.717, 1.165) is 44.9 Å². The van der Waals surface area contributed by atoms with Crippen LogP contribution in [0.4, 0.5) is 0 Å². The molecule has 10 atom stereocenters. The van der Waals surface area contributed by atoms with E-state index in [9.17, 15) is 0 Å². The fourth-order valence-corrected chi connectivity index (χ4v) is 5.94. The maximum Gasteiger partial charge on any atom is 0.161 e. The summed E-state index contributed by atoms with van der Waals surface area (Å²) in [6.45, 7) is 15.0. The molecule has 6 rings (SSSR count). The zero-order valence-corrected chi connectivity index (χ0v) is 22.3. The van der Waals surface area contributed by atoms with Gasteiger partial charge in [0.2, 0.25) is 0 Å². The number of rotatable bonds is 7. The van der Waals surface area contributed by atoms with Crippen molar-refractivity contribution in [3.63, 3.8) is 0 Å². The lowest BCUT2D eigenvalue weighted by Crippen LogP contribution is -2.31. The summed E-state index contributed by atoms with van der Waals surface area (Å²) in [4.78, 5) is 0. The van der Waals surface area contributed by atoms with Crippen molar-refractivity contribution in [3.05, 3.63) is 0 Å². The Balaban J connectivity index is 0.000000652. The molecule has 10 unspecified atom stereocenters. The average molecular weight is 485 g/mol. The fourth-order valence-electron chi connectivity index (χ4n) is 5.94. The highest BCUT2D eigenvalue weighted by atomic mass is 16.7. The first-order valence-corrected chi connectivity index (χ1v) is 14.0. The van der Waals surface area contributed by atoms with Crippen LogP contribution >= 0.6 is 0 Å². The molecule has 6 aliphatic rings. The van der Waals surface area contributed by atoms with Crippen molar-refractivity contribution in [2.75, 3.05) is 26.4 Å². The summed E-state index contributed by atoms with van der Waals surface area (Å²) >= 11 is 0. The first-order valence-electron chi connectivity index (χ1n) is 14.0. The average Bonchev–Trinajstić information content (AvgIpc) is 3.52. The maximum atomic E-state index is 6.17. The number of hydrogen-bond acceptors (Lipinski definition) is 7. The Labute approximate surface area is 206 Å². The molecule has 7 nitrogen and oxygen atoms in total. The van der Waals surface area contributed by atoms with Gasteiger partial charge in [0.15, 0.2) is 12.6 Å². The van der Waals surface area contributed by atoms with Gasteiger partial charge < -0.3 is 33.2 Å². The van der Waals surface area contributed by atoms with E-state index in [-0.39, 0.29) is 36.0 Å². The molecule has 2 aliphatic carbocycles. The molecular weight excluding hydrogens is 436 g/mol. The van der Waals surface area contributed by atoms with E-state index in [2.05, 4.69) is 13.8 Å². The van der Waals surface area contributed by atoms with Gasteiger partial charge in [-0.2, -0.15) is 0 Å². The smallest absolute Gasteiger partial charge is 0.161 e. The van der Waals surface area contributed by atoms with Crippen LogP contribution in [0.25, 0.3) is 0 Å². The van der Waals surface area contributed by atoms with Crippen LogP contribution in [0, 0.1) is 11.8 Å². The van der Waals surface area contributed by atoms with Gasteiger partial charge in [-0.05, 0) is 58.8 Å². The minimum absolute atomic E-state index is 0.0343. The molecule has 4 saturated heterocycles. The first-order chi connectivity index (χ1) is 16.5. The highest BCUT2D eigenvalue weighted by Gasteiger charge is 2.57. The Morgan fingerprint density at radius 2 is 1.24 bits per heavy atom. The molecule has 0 spiro atoms. The Morgan fingerprint density at radius 1 is 0.735 bits per heavy atom. The Bertz CT molecular complexity index is 592. The minimum atomic E-state index is -0.0903. The third-order valence-electron chi connectivity index (χ3n) is 8.33. The lowest BCUT2D eigenvalue weighted by atomic mass is 9.82. The van der Waals surface area contributed by atoms with Crippen LogP contribution in [-0.2, 0) is 33.2 Å². The predicted molar refractivity (Wildman–Crippen MR) is 129 cm³/mol. The molecule has 0 aromatic rings. The molecular formula is C27H48O7. The summed E-state index contributed by atoms with van der Waals surface area (Å²) in [6, 6.07) is 0. The molecule has 0 aromatic heterocycles. The van der Waals surface area contributed by atoms with Gasteiger partial charge in [-0.15, -0.1) is 0 Å². The molecule has 0 amide bonds. The molecule has 2 saturated carbocycles. The molecule has 0 radical (unpaired) electrons. The minimum Gasteiger partial charge on any atom is -0.379 e. The van der Waals surface area contributed by atoms with Gasteiger partial charge in [0, 0.05) is 18.4 Å². The predicted octanol–water partition coefficient (Wildman–Crippen LogP) is 4.84. The zero-order chi connectivity index (χ0) is 24.3. The summed E-state index contributed by atoms with van der Waals surface area (Å²) in [6.07, 6.45) is 8.31. The molecule has 7 heteroatoms. The largest absolute Gasteiger partial charge is 0.379 e. The topological polar surface area (TPSA) is 71.2 Å². The summed E-state index contributed by atoms with van der Waals surface area (Å²) in [7, 11) is 0. The SMILES string of the molecule is CC.CC.CC12CCC(C3OCC(CCOCC4COC(C5CCC6(C)OC6C5)O4)O3)CC1O2. The quantitative estimate of drug-likeness (QED) is 0.378. The van der Waals surface area contributed by atoms with E-state index in [1.807, 2.05) is 27.7 Å². The molecule has 0 bridgehead atoms. The second-order valence-corrected chi connectivity index (χ2v) is 10.7. The van der Waals surface area contributed by atoms with E-state index in [1.54, 1.807) is 0 Å². The van der Waals surface area contributed by atoms with E-state index in [4.69, 9.17) is 33.2 Å². The maximum absolute atomic E-state index is 6.17. The molecule has 4 heterocycles. The summed E-state index contributed by atoms with van der Waals surface area (Å²) in [5.41, 5.74) is 0.294. The van der Waals surface area contributed by atoms with Crippen LogP contribution in [-0.4, -0.2) is 74.6 Å². The van der Waals surface area contributed by atoms with Crippen molar-refractivity contribution in [1.29, 1.82) is 0 Å². The number of hydrogen-bond donors (Lipinski definition) is 0. The lowest BCUT2D eigenvalue weighted by Gasteiger charge is -2.26. The Morgan fingerprint density at radius 3 is 1.76 bits per heavy atom. The number of fused-ring (bicyclic) bond motifs is 2. The second-order valence-electron chi connectivity index (χ2n) is 10.7. The van der Waals surface area contributed by atoms with Crippen LogP contribution in [0.3, 0.4) is 0 Å². The second kappa shape index (κ2) is 11.4. The van der Waals surface area contributed by atoms with Crippen LogP contribution in [0.1, 0.15) is 86.5 Å². The van der Waals surface area contributed by atoms with E-state index < -0.39 is 0 Å². The monoisotopic (exact) mass is 484 g/mol. The lowest BCUT2D eigenvalue weighted by molar-refractivity contribution is -0.115. The standard InChI is InChI=1S/C23H36O7.2C2H6/c1-22-6-3-14(9-18(22)29-22)20-25-12-16(27-20)5-8-24-11-17-13-26-21(28-17)15-4-7-23(2)19(10-15)30-23;2*1-2/h14-21H,3-13H2,1-2H3;2*1-2H3. The summed E-state index contributed by atoms with van der Waals surface area (Å²) < 4.78 is 41.7. The van der Waals surface area contributed by atoms with Gasteiger partial charge in [0.1, 0.15) is 6.10 Å². The van der Waals surface area contributed by atoms with Crippen molar-refractivity contribution < 1.29 is 33.2 Å². The third-order valence-corrected chi connectivity index (χ3v) is 8.33. The van der Waals surface area contributed by atoms with Crippen molar-refractivity contribution in [1.82, 2.24) is 0 Å².